The van der Waals surface area contributed by atoms with Crippen molar-refractivity contribution in [2.75, 3.05) is 13.1 Å². The lowest BCUT2D eigenvalue weighted by atomic mass is 9.62. The fourth-order valence-corrected chi connectivity index (χ4v) is 3.26. The molecule has 1 aliphatic heterocycles. The van der Waals surface area contributed by atoms with Gasteiger partial charge in [-0.3, -0.25) is 4.90 Å². The fraction of sp³-hybridized carbons (Fsp3) is 1.00. The van der Waals surface area contributed by atoms with Crippen LogP contribution in [0.1, 0.15) is 47.0 Å². The summed E-state index contributed by atoms with van der Waals surface area (Å²) in [7, 11) is 0. The number of hydrogen-bond donors (Lipinski definition) is 0. The van der Waals surface area contributed by atoms with Crippen LogP contribution < -0.4 is 0 Å². The second-order valence-corrected chi connectivity index (χ2v) is 6.36. The summed E-state index contributed by atoms with van der Waals surface area (Å²) in [5, 5.41) is 0. The van der Waals surface area contributed by atoms with E-state index in [0.717, 1.165) is 11.3 Å². The number of likely N-dealkylation sites (tertiary alicyclic amines) is 1. The molecular weight excluding hydrogens is 158 g/mol. The lowest BCUT2D eigenvalue weighted by molar-refractivity contribution is 0.0567. The van der Waals surface area contributed by atoms with Crippen molar-refractivity contribution in [3.05, 3.63) is 0 Å². The first-order chi connectivity index (χ1) is 5.91. The van der Waals surface area contributed by atoms with Crippen molar-refractivity contribution in [3.8, 4) is 0 Å². The van der Waals surface area contributed by atoms with Gasteiger partial charge in [0.1, 0.15) is 0 Å². The standard InChI is InChI=1S/C12H23N/c1-10-7-12(8-10)5-6-13(9-12)11(2,3)4/h10H,5-9H2,1-4H3. The predicted octanol–water partition coefficient (Wildman–Crippen LogP) is 2.91. The van der Waals surface area contributed by atoms with E-state index in [1.54, 1.807) is 0 Å². The van der Waals surface area contributed by atoms with Crippen molar-refractivity contribution >= 4 is 0 Å². The van der Waals surface area contributed by atoms with Crippen LogP contribution in [-0.4, -0.2) is 23.5 Å². The van der Waals surface area contributed by atoms with E-state index in [0.29, 0.717) is 5.54 Å². The van der Waals surface area contributed by atoms with Crippen molar-refractivity contribution in [3.63, 3.8) is 0 Å². The number of nitrogens with zero attached hydrogens (tertiary/aromatic N) is 1. The third-order valence-corrected chi connectivity index (χ3v) is 3.95. The molecule has 76 valence electrons. The summed E-state index contributed by atoms with van der Waals surface area (Å²) in [6.07, 6.45) is 4.42. The Morgan fingerprint density at radius 2 is 1.85 bits per heavy atom. The summed E-state index contributed by atoms with van der Waals surface area (Å²) in [4.78, 5) is 2.67. The van der Waals surface area contributed by atoms with E-state index >= 15 is 0 Å². The molecule has 1 saturated carbocycles. The molecule has 2 fully saturated rings. The maximum atomic E-state index is 2.67. The minimum Gasteiger partial charge on any atom is -0.298 e. The zero-order valence-electron chi connectivity index (χ0n) is 9.56. The van der Waals surface area contributed by atoms with Gasteiger partial charge in [0.05, 0.1) is 0 Å². The van der Waals surface area contributed by atoms with Crippen molar-refractivity contribution in [1.29, 1.82) is 0 Å². The van der Waals surface area contributed by atoms with E-state index in [9.17, 15) is 0 Å². The van der Waals surface area contributed by atoms with Gasteiger partial charge in [-0.2, -0.15) is 0 Å². The summed E-state index contributed by atoms with van der Waals surface area (Å²) >= 11 is 0. The summed E-state index contributed by atoms with van der Waals surface area (Å²) < 4.78 is 0. The Labute approximate surface area is 82.5 Å². The zero-order valence-corrected chi connectivity index (χ0v) is 9.56. The van der Waals surface area contributed by atoms with Crippen LogP contribution >= 0.6 is 0 Å². The molecule has 13 heavy (non-hydrogen) atoms. The first kappa shape index (κ1) is 9.51. The van der Waals surface area contributed by atoms with Gasteiger partial charge in [-0.25, -0.2) is 0 Å². The Morgan fingerprint density at radius 3 is 2.23 bits per heavy atom. The van der Waals surface area contributed by atoms with Crippen LogP contribution in [0.3, 0.4) is 0 Å². The topological polar surface area (TPSA) is 3.24 Å². The van der Waals surface area contributed by atoms with Crippen molar-refractivity contribution in [1.82, 2.24) is 4.90 Å². The number of hydrogen-bond acceptors (Lipinski definition) is 1. The lowest BCUT2D eigenvalue weighted by Gasteiger charge is -2.45. The van der Waals surface area contributed by atoms with Gasteiger partial charge in [-0.05, 0) is 57.9 Å². The van der Waals surface area contributed by atoms with Gasteiger partial charge in [0.2, 0.25) is 0 Å². The Morgan fingerprint density at radius 1 is 1.23 bits per heavy atom. The molecule has 2 aliphatic rings. The third kappa shape index (κ3) is 1.63. The predicted molar refractivity (Wildman–Crippen MR) is 56.8 cm³/mol. The minimum absolute atomic E-state index is 0.391. The van der Waals surface area contributed by atoms with E-state index in [1.165, 1.54) is 32.4 Å². The Hall–Kier alpha value is -0.0400. The van der Waals surface area contributed by atoms with Gasteiger partial charge in [-0.15, -0.1) is 0 Å². The molecule has 1 spiro atoms. The van der Waals surface area contributed by atoms with Gasteiger partial charge >= 0.3 is 0 Å². The second kappa shape index (κ2) is 2.73. The quantitative estimate of drug-likeness (QED) is 0.555. The van der Waals surface area contributed by atoms with E-state index in [2.05, 4.69) is 32.6 Å². The van der Waals surface area contributed by atoms with Crippen LogP contribution in [0.15, 0.2) is 0 Å². The molecule has 0 aromatic heterocycles. The Bertz CT molecular complexity index is 196. The second-order valence-electron chi connectivity index (χ2n) is 6.36. The highest BCUT2D eigenvalue weighted by molar-refractivity contribution is 5.00. The molecule has 1 heteroatoms. The van der Waals surface area contributed by atoms with E-state index < -0.39 is 0 Å². The monoisotopic (exact) mass is 181 g/mol. The van der Waals surface area contributed by atoms with Crippen molar-refractivity contribution in [2.45, 2.75) is 52.5 Å². The molecule has 0 unspecified atom stereocenters. The Balaban J connectivity index is 1.95. The van der Waals surface area contributed by atoms with Gasteiger partial charge in [-0.1, -0.05) is 6.92 Å². The van der Waals surface area contributed by atoms with Gasteiger partial charge in [0, 0.05) is 12.1 Å². The Kier molecular flexibility index (Phi) is 1.99. The summed E-state index contributed by atoms with van der Waals surface area (Å²) in [6, 6.07) is 0. The van der Waals surface area contributed by atoms with Crippen LogP contribution in [0, 0.1) is 11.3 Å². The zero-order chi connectivity index (χ0) is 9.69. The molecular formula is C12H23N. The molecule has 1 nitrogen and oxygen atoms in total. The van der Waals surface area contributed by atoms with Crippen LogP contribution in [0.5, 0.6) is 0 Å². The average Bonchev–Trinajstić information content (AvgIpc) is 2.29. The first-order valence-electron chi connectivity index (χ1n) is 5.66. The van der Waals surface area contributed by atoms with E-state index in [4.69, 9.17) is 0 Å². The molecule has 1 aliphatic carbocycles. The SMILES string of the molecule is CC1CC2(CCN(C(C)(C)C)C2)C1. The van der Waals surface area contributed by atoms with Crippen LogP contribution in [0.2, 0.25) is 0 Å². The molecule has 0 aromatic carbocycles. The minimum atomic E-state index is 0.391. The van der Waals surface area contributed by atoms with E-state index in [1.807, 2.05) is 0 Å². The van der Waals surface area contributed by atoms with Crippen molar-refractivity contribution in [2.24, 2.45) is 11.3 Å². The highest BCUT2D eigenvalue weighted by Crippen LogP contribution is 2.52. The van der Waals surface area contributed by atoms with Crippen LogP contribution in [-0.2, 0) is 0 Å². The molecule has 0 radical (unpaired) electrons. The molecule has 1 saturated heterocycles. The van der Waals surface area contributed by atoms with E-state index in [-0.39, 0.29) is 0 Å². The summed E-state index contributed by atoms with van der Waals surface area (Å²) in [6.45, 7) is 12.1. The highest BCUT2D eigenvalue weighted by atomic mass is 15.2. The molecule has 0 N–H and O–H groups in total. The average molecular weight is 181 g/mol. The molecule has 0 bridgehead atoms. The normalized spacial score (nSPS) is 41.1. The van der Waals surface area contributed by atoms with Gasteiger partial charge in [0.25, 0.3) is 0 Å². The van der Waals surface area contributed by atoms with Crippen LogP contribution in [0.25, 0.3) is 0 Å². The first-order valence-corrected chi connectivity index (χ1v) is 5.66. The molecule has 0 atom stereocenters. The van der Waals surface area contributed by atoms with Gasteiger partial charge in [0.15, 0.2) is 0 Å². The summed E-state index contributed by atoms with van der Waals surface area (Å²) in [5.41, 5.74) is 1.13. The number of rotatable bonds is 0. The molecule has 1 heterocycles. The molecule has 0 aromatic rings. The van der Waals surface area contributed by atoms with Crippen LogP contribution in [0.4, 0.5) is 0 Å². The molecule has 0 amide bonds. The maximum Gasteiger partial charge on any atom is 0.0125 e. The molecule has 2 rings (SSSR count). The lowest BCUT2D eigenvalue weighted by Crippen LogP contribution is -2.44. The smallest absolute Gasteiger partial charge is 0.0125 e. The summed E-state index contributed by atoms with van der Waals surface area (Å²) in [5.74, 6) is 1.000. The third-order valence-electron chi connectivity index (χ3n) is 3.95. The fourth-order valence-electron chi connectivity index (χ4n) is 3.26. The largest absolute Gasteiger partial charge is 0.298 e. The highest BCUT2D eigenvalue weighted by Gasteiger charge is 2.48. The maximum absolute atomic E-state index is 2.67. The van der Waals surface area contributed by atoms with Gasteiger partial charge < -0.3 is 0 Å². The van der Waals surface area contributed by atoms with Crippen molar-refractivity contribution < 1.29 is 0 Å².